The lowest BCUT2D eigenvalue weighted by atomic mass is 10.1. The zero-order valence-electron chi connectivity index (χ0n) is 8.73. The molecule has 0 radical (unpaired) electrons. The molecule has 1 aliphatic heterocycles. The predicted octanol–water partition coefficient (Wildman–Crippen LogP) is 2.29. The van der Waals surface area contributed by atoms with Gasteiger partial charge in [-0.2, -0.15) is 0 Å². The SMILES string of the molecule is C[C@H]1OC(C)(C)O[C@@H]1c1ccccn1. The number of rotatable bonds is 1. The van der Waals surface area contributed by atoms with Gasteiger partial charge in [-0.15, -0.1) is 0 Å². The molecule has 0 amide bonds. The molecule has 1 aliphatic rings. The molecule has 1 aromatic rings. The molecule has 0 aromatic carbocycles. The lowest BCUT2D eigenvalue weighted by Gasteiger charge is -2.16. The standard InChI is InChI=1S/C11H15NO2/c1-8-10(14-11(2,3)13-8)9-6-4-5-7-12-9/h4-8,10H,1-3H3/t8-,10+/m1/s1. The van der Waals surface area contributed by atoms with Gasteiger partial charge >= 0.3 is 0 Å². The summed E-state index contributed by atoms with van der Waals surface area (Å²) in [7, 11) is 0. The number of hydrogen-bond donors (Lipinski definition) is 0. The second-order valence-electron chi connectivity index (χ2n) is 4.02. The Bertz CT molecular complexity index is 310. The van der Waals surface area contributed by atoms with E-state index < -0.39 is 5.79 Å². The molecule has 0 saturated carbocycles. The second-order valence-corrected chi connectivity index (χ2v) is 4.02. The first-order valence-corrected chi connectivity index (χ1v) is 4.85. The Morgan fingerprint density at radius 3 is 2.57 bits per heavy atom. The van der Waals surface area contributed by atoms with E-state index in [-0.39, 0.29) is 12.2 Å². The Hall–Kier alpha value is -0.930. The van der Waals surface area contributed by atoms with Gasteiger partial charge in [0.1, 0.15) is 6.10 Å². The number of aromatic nitrogens is 1. The van der Waals surface area contributed by atoms with Gasteiger partial charge in [-0.1, -0.05) is 6.07 Å². The largest absolute Gasteiger partial charge is 0.344 e. The summed E-state index contributed by atoms with van der Waals surface area (Å²) >= 11 is 0. The summed E-state index contributed by atoms with van der Waals surface area (Å²) in [6.45, 7) is 5.85. The van der Waals surface area contributed by atoms with Crippen LogP contribution in [0.2, 0.25) is 0 Å². The lowest BCUT2D eigenvalue weighted by molar-refractivity contribution is -0.145. The summed E-state index contributed by atoms with van der Waals surface area (Å²) in [5.41, 5.74) is 0.936. The van der Waals surface area contributed by atoms with Crippen LogP contribution >= 0.6 is 0 Å². The Labute approximate surface area is 84.1 Å². The van der Waals surface area contributed by atoms with Crippen molar-refractivity contribution in [3.05, 3.63) is 30.1 Å². The zero-order chi connectivity index (χ0) is 10.2. The maximum absolute atomic E-state index is 5.76. The van der Waals surface area contributed by atoms with Gasteiger partial charge in [-0.25, -0.2) is 0 Å². The van der Waals surface area contributed by atoms with E-state index in [1.165, 1.54) is 0 Å². The molecule has 2 atom stereocenters. The highest BCUT2D eigenvalue weighted by atomic mass is 16.7. The van der Waals surface area contributed by atoms with E-state index in [0.717, 1.165) is 5.69 Å². The first-order valence-electron chi connectivity index (χ1n) is 4.85. The number of ether oxygens (including phenoxy) is 2. The van der Waals surface area contributed by atoms with Crippen LogP contribution in [0.15, 0.2) is 24.4 Å². The average molecular weight is 193 g/mol. The average Bonchev–Trinajstić information content (AvgIpc) is 2.41. The van der Waals surface area contributed by atoms with Crippen LogP contribution in [0.4, 0.5) is 0 Å². The van der Waals surface area contributed by atoms with Crippen LogP contribution in [-0.2, 0) is 9.47 Å². The molecule has 1 fully saturated rings. The second kappa shape index (κ2) is 3.33. The predicted molar refractivity (Wildman–Crippen MR) is 52.7 cm³/mol. The van der Waals surface area contributed by atoms with Crippen LogP contribution in [-0.4, -0.2) is 16.9 Å². The highest BCUT2D eigenvalue weighted by Crippen LogP contribution is 2.36. The molecule has 14 heavy (non-hydrogen) atoms. The van der Waals surface area contributed by atoms with Gasteiger partial charge in [0.25, 0.3) is 0 Å². The van der Waals surface area contributed by atoms with Crippen LogP contribution in [0.1, 0.15) is 32.6 Å². The van der Waals surface area contributed by atoms with Crippen molar-refractivity contribution in [2.45, 2.75) is 38.8 Å². The van der Waals surface area contributed by atoms with Gasteiger partial charge < -0.3 is 9.47 Å². The molecule has 76 valence electrons. The summed E-state index contributed by atoms with van der Waals surface area (Å²) in [5, 5.41) is 0. The first-order chi connectivity index (χ1) is 6.58. The van der Waals surface area contributed by atoms with Crippen LogP contribution in [0.25, 0.3) is 0 Å². The molecule has 3 heteroatoms. The summed E-state index contributed by atoms with van der Waals surface area (Å²) in [4.78, 5) is 4.27. The highest BCUT2D eigenvalue weighted by Gasteiger charge is 2.39. The molecule has 2 rings (SSSR count). The lowest BCUT2D eigenvalue weighted by Crippen LogP contribution is -2.20. The normalized spacial score (nSPS) is 30.5. The van der Waals surface area contributed by atoms with Crippen molar-refractivity contribution in [2.24, 2.45) is 0 Å². The van der Waals surface area contributed by atoms with Crippen LogP contribution < -0.4 is 0 Å². The van der Waals surface area contributed by atoms with Crippen LogP contribution in [0.5, 0.6) is 0 Å². The fourth-order valence-electron chi connectivity index (χ4n) is 1.78. The van der Waals surface area contributed by atoms with Gasteiger partial charge in [-0.05, 0) is 32.9 Å². The van der Waals surface area contributed by atoms with Crippen molar-refractivity contribution >= 4 is 0 Å². The smallest absolute Gasteiger partial charge is 0.164 e. The van der Waals surface area contributed by atoms with Crippen molar-refractivity contribution in [1.29, 1.82) is 0 Å². The van der Waals surface area contributed by atoms with Gasteiger partial charge in [-0.3, -0.25) is 4.98 Å². The molecule has 0 N–H and O–H groups in total. The van der Waals surface area contributed by atoms with Crippen molar-refractivity contribution < 1.29 is 9.47 Å². The fraction of sp³-hybridized carbons (Fsp3) is 0.545. The zero-order valence-corrected chi connectivity index (χ0v) is 8.73. The molecule has 0 unspecified atom stereocenters. The summed E-state index contributed by atoms with van der Waals surface area (Å²) in [6.07, 6.45) is 1.78. The van der Waals surface area contributed by atoms with Gasteiger partial charge in [0, 0.05) is 6.20 Å². The third kappa shape index (κ3) is 1.79. The molecule has 0 bridgehead atoms. The number of nitrogens with zero attached hydrogens (tertiary/aromatic N) is 1. The number of pyridine rings is 1. The topological polar surface area (TPSA) is 31.4 Å². The molecular weight excluding hydrogens is 178 g/mol. The molecule has 1 aromatic heterocycles. The Kier molecular flexibility index (Phi) is 2.29. The van der Waals surface area contributed by atoms with E-state index in [2.05, 4.69) is 4.98 Å². The molecular formula is C11H15NO2. The van der Waals surface area contributed by atoms with Crippen molar-refractivity contribution in [3.8, 4) is 0 Å². The summed E-state index contributed by atoms with van der Waals surface area (Å²) in [6, 6.07) is 5.82. The van der Waals surface area contributed by atoms with E-state index >= 15 is 0 Å². The Balaban J connectivity index is 2.21. The number of hydrogen-bond acceptors (Lipinski definition) is 3. The quantitative estimate of drug-likeness (QED) is 0.685. The van der Waals surface area contributed by atoms with Gasteiger partial charge in [0.05, 0.1) is 11.8 Å². The summed E-state index contributed by atoms with van der Waals surface area (Å²) < 4.78 is 11.4. The van der Waals surface area contributed by atoms with Gasteiger partial charge in [0.2, 0.25) is 0 Å². The monoisotopic (exact) mass is 193 g/mol. The van der Waals surface area contributed by atoms with E-state index in [1.54, 1.807) is 6.20 Å². The maximum atomic E-state index is 5.76. The Morgan fingerprint density at radius 1 is 1.29 bits per heavy atom. The van der Waals surface area contributed by atoms with Crippen molar-refractivity contribution in [1.82, 2.24) is 4.98 Å². The minimum absolute atomic E-state index is 0.0498. The third-order valence-corrected chi connectivity index (χ3v) is 2.29. The maximum Gasteiger partial charge on any atom is 0.164 e. The summed E-state index contributed by atoms with van der Waals surface area (Å²) in [5.74, 6) is -0.498. The minimum Gasteiger partial charge on any atom is -0.344 e. The fourth-order valence-corrected chi connectivity index (χ4v) is 1.78. The Morgan fingerprint density at radius 2 is 2.07 bits per heavy atom. The first kappa shape index (κ1) is 9.62. The van der Waals surface area contributed by atoms with Crippen LogP contribution in [0, 0.1) is 0 Å². The van der Waals surface area contributed by atoms with Crippen molar-refractivity contribution in [2.75, 3.05) is 0 Å². The minimum atomic E-state index is -0.498. The van der Waals surface area contributed by atoms with Crippen molar-refractivity contribution in [3.63, 3.8) is 0 Å². The van der Waals surface area contributed by atoms with E-state index in [0.29, 0.717) is 0 Å². The van der Waals surface area contributed by atoms with Gasteiger partial charge in [0.15, 0.2) is 5.79 Å². The molecule has 2 heterocycles. The highest BCUT2D eigenvalue weighted by molar-refractivity contribution is 5.09. The molecule has 3 nitrogen and oxygen atoms in total. The van der Waals surface area contributed by atoms with E-state index in [9.17, 15) is 0 Å². The molecule has 0 spiro atoms. The third-order valence-electron chi connectivity index (χ3n) is 2.29. The van der Waals surface area contributed by atoms with E-state index in [4.69, 9.17) is 9.47 Å². The molecule has 1 saturated heterocycles. The van der Waals surface area contributed by atoms with Crippen LogP contribution in [0.3, 0.4) is 0 Å². The molecule has 0 aliphatic carbocycles. The van der Waals surface area contributed by atoms with E-state index in [1.807, 2.05) is 39.0 Å².